The van der Waals surface area contributed by atoms with Gasteiger partial charge in [0.2, 0.25) is 15.9 Å². The summed E-state index contributed by atoms with van der Waals surface area (Å²) >= 11 is 0. The number of hydrogen-bond acceptors (Lipinski definition) is 5. The van der Waals surface area contributed by atoms with Crippen LogP contribution in [-0.4, -0.2) is 41.3 Å². The Kier molecular flexibility index (Phi) is 7.42. The fraction of sp³-hybridized carbons (Fsp3) is 0.350. The van der Waals surface area contributed by atoms with E-state index >= 15 is 0 Å². The molecule has 1 amide bonds. The van der Waals surface area contributed by atoms with Crippen LogP contribution in [0, 0.1) is 0 Å². The quantitative estimate of drug-likeness (QED) is 0.653. The SMILES string of the molecule is COc1ccc(OC)c([C@@H](C)NC(=O)CN(c2ccc(C(F)(F)F)cc2)S(C)(=O)=O)c1. The summed E-state index contributed by atoms with van der Waals surface area (Å²) in [7, 11) is -0.982. The van der Waals surface area contributed by atoms with Crippen LogP contribution in [0.2, 0.25) is 0 Å². The van der Waals surface area contributed by atoms with Crippen LogP contribution < -0.4 is 19.1 Å². The summed E-state index contributed by atoms with van der Waals surface area (Å²) in [6.07, 6.45) is -3.69. The number of anilines is 1. The van der Waals surface area contributed by atoms with Crippen LogP contribution in [0.3, 0.4) is 0 Å². The Hall–Kier alpha value is -2.95. The molecule has 11 heteroatoms. The Morgan fingerprint density at radius 2 is 1.71 bits per heavy atom. The lowest BCUT2D eigenvalue weighted by Gasteiger charge is -2.24. The topological polar surface area (TPSA) is 84.9 Å². The van der Waals surface area contributed by atoms with E-state index in [0.29, 0.717) is 17.1 Å². The number of amides is 1. The third-order valence-electron chi connectivity index (χ3n) is 4.45. The van der Waals surface area contributed by atoms with Gasteiger partial charge in [-0.1, -0.05) is 0 Å². The van der Waals surface area contributed by atoms with Gasteiger partial charge in [0.05, 0.1) is 37.8 Å². The fourth-order valence-corrected chi connectivity index (χ4v) is 3.75. The van der Waals surface area contributed by atoms with E-state index in [9.17, 15) is 26.4 Å². The molecule has 0 saturated heterocycles. The molecule has 0 radical (unpaired) electrons. The highest BCUT2D eigenvalue weighted by Crippen LogP contribution is 2.31. The van der Waals surface area contributed by atoms with Gasteiger partial charge in [-0.15, -0.1) is 0 Å². The summed E-state index contributed by atoms with van der Waals surface area (Å²) in [6.45, 7) is 1.07. The summed E-state index contributed by atoms with van der Waals surface area (Å²) in [4.78, 5) is 12.6. The minimum Gasteiger partial charge on any atom is -0.497 e. The van der Waals surface area contributed by atoms with Gasteiger partial charge >= 0.3 is 6.18 Å². The molecule has 0 heterocycles. The van der Waals surface area contributed by atoms with Crippen molar-refractivity contribution in [1.82, 2.24) is 5.32 Å². The smallest absolute Gasteiger partial charge is 0.416 e. The normalized spacial score (nSPS) is 12.7. The van der Waals surface area contributed by atoms with Crippen LogP contribution >= 0.6 is 0 Å². The summed E-state index contributed by atoms with van der Waals surface area (Å²) in [5.41, 5.74) is -0.374. The van der Waals surface area contributed by atoms with E-state index in [0.717, 1.165) is 34.8 Å². The number of ether oxygens (including phenoxy) is 2. The lowest BCUT2D eigenvalue weighted by atomic mass is 10.1. The zero-order chi connectivity index (χ0) is 23.4. The average Bonchev–Trinajstić information content (AvgIpc) is 2.70. The first-order chi connectivity index (χ1) is 14.4. The van der Waals surface area contributed by atoms with Crippen molar-refractivity contribution >= 4 is 21.6 Å². The van der Waals surface area contributed by atoms with E-state index in [1.807, 2.05) is 0 Å². The Morgan fingerprint density at radius 3 is 2.19 bits per heavy atom. The number of halogens is 3. The van der Waals surface area contributed by atoms with Crippen molar-refractivity contribution < 1.29 is 35.9 Å². The Balaban J connectivity index is 2.22. The predicted molar refractivity (Wildman–Crippen MR) is 110 cm³/mol. The third kappa shape index (κ3) is 6.27. The van der Waals surface area contributed by atoms with Crippen LogP contribution in [0.5, 0.6) is 11.5 Å². The molecule has 0 aliphatic carbocycles. The predicted octanol–water partition coefficient (Wildman–Crippen LogP) is 3.37. The molecule has 1 atom stereocenters. The molecule has 2 aromatic rings. The number of carbonyl (C=O) groups is 1. The van der Waals surface area contributed by atoms with E-state index in [4.69, 9.17) is 9.47 Å². The first-order valence-corrected chi connectivity index (χ1v) is 10.9. The maximum atomic E-state index is 12.8. The lowest BCUT2D eigenvalue weighted by molar-refractivity contribution is -0.137. The Bertz CT molecular complexity index is 1020. The molecule has 0 saturated carbocycles. The Labute approximate surface area is 178 Å². The van der Waals surface area contributed by atoms with E-state index in [2.05, 4.69) is 5.32 Å². The van der Waals surface area contributed by atoms with Crippen molar-refractivity contribution in [2.75, 3.05) is 31.3 Å². The van der Waals surface area contributed by atoms with Crippen molar-refractivity contribution in [3.8, 4) is 11.5 Å². The van der Waals surface area contributed by atoms with Crippen molar-refractivity contribution in [3.63, 3.8) is 0 Å². The number of benzene rings is 2. The molecule has 170 valence electrons. The molecule has 1 N–H and O–H groups in total. The fourth-order valence-electron chi connectivity index (χ4n) is 2.89. The summed E-state index contributed by atoms with van der Waals surface area (Å²) in [5.74, 6) is 0.387. The number of carbonyl (C=O) groups excluding carboxylic acids is 1. The molecule has 0 spiro atoms. The molecule has 2 aromatic carbocycles. The number of alkyl halides is 3. The van der Waals surface area contributed by atoms with Crippen molar-refractivity contribution in [3.05, 3.63) is 53.6 Å². The monoisotopic (exact) mass is 460 g/mol. The highest BCUT2D eigenvalue weighted by Gasteiger charge is 2.31. The highest BCUT2D eigenvalue weighted by molar-refractivity contribution is 7.92. The second-order valence-electron chi connectivity index (χ2n) is 6.71. The summed E-state index contributed by atoms with van der Waals surface area (Å²) in [5, 5.41) is 2.67. The molecular formula is C20H23F3N2O5S. The number of nitrogens with zero attached hydrogens (tertiary/aromatic N) is 1. The van der Waals surface area contributed by atoms with Gasteiger partial charge in [-0.25, -0.2) is 8.42 Å². The molecule has 0 fully saturated rings. The zero-order valence-electron chi connectivity index (χ0n) is 17.4. The van der Waals surface area contributed by atoms with Crippen LogP contribution in [0.15, 0.2) is 42.5 Å². The van der Waals surface area contributed by atoms with Crippen LogP contribution in [-0.2, 0) is 21.0 Å². The van der Waals surface area contributed by atoms with Gasteiger partial charge in [0, 0.05) is 5.56 Å². The minimum atomic E-state index is -4.56. The molecule has 7 nitrogen and oxygen atoms in total. The van der Waals surface area contributed by atoms with Gasteiger partial charge in [-0.2, -0.15) is 13.2 Å². The number of hydrogen-bond donors (Lipinski definition) is 1. The van der Waals surface area contributed by atoms with E-state index in [-0.39, 0.29) is 5.69 Å². The second kappa shape index (κ2) is 9.46. The van der Waals surface area contributed by atoms with E-state index in [1.54, 1.807) is 25.1 Å². The van der Waals surface area contributed by atoms with Gasteiger partial charge < -0.3 is 14.8 Å². The average molecular weight is 460 g/mol. The third-order valence-corrected chi connectivity index (χ3v) is 5.59. The van der Waals surface area contributed by atoms with Crippen LogP contribution in [0.1, 0.15) is 24.1 Å². The summed E-state index contributed by atoms with van der Waals surface area (Å²) in [6, 6.07) is 8.00. The summed E-state index contributed by atoms with van der Waals surface area (Å²) < 4.78 is 73.9. The first kappa shape index (κ1) is 24.3. The molecule has 0 aliphatic rings. The zero-order valence-corrected chi connectivity index (χ0v) is 18.2. The first-order valence-electron chi connectivity index (χ1n) is 9.03. The maximum absolute atomic E-state index is 12.8. The standard InChI is InChI=1S/C20H23F3N2O5S/c1-13(17-11-16(29-2)9-10-18(17)30-3)24-19(26)12-25(31(4,27)28)15-7-5-14(6-8-15)20(21,22)23/h5-11,13H,12H2,1-4H3,(H,24,26)/t13-/m1/s1. The molecule has 0 aliphatic heterocycles. The minimum absolute atomic E-state index is 0.0581. The van der Waals surface area contributed by atoms with E-state index < -0.39 is 40.3 Å². The van der Waals surface area contributed by atoms with E-state index in [1.165, 1.54) is 14.2 Å². The van der Waals surface area contributed by atoms with Gasteiger partial charge in [0.1, 0.15) is 18.0 Å². The van der Waals surface area contributed by atoms with Gasteiger partial charge in [0.15, 0.2) is 0 Å². The molecule has 2 rings (SSSR count). The number of rotatable bonds is 8. The highest BCUT2D eigenvalue weighted by atomic mass is 32.2. The molecule has 0 bridgehead atoms. The van der Waals surface area contributed by atoms with Crippen molar-refractivity contribution in [2.45, 2.75) is 19.1 Å². The second-order valence-corrected chi connectivity index (χ2v) is 8.62. The number of nitrogens with one attached hydrogen (secondary N) is 1. The van der Waals surface area contributed by atoms with Gasteiger partial charge in [-0.05, 0) is 49.4 Å². The van der Waals surface area contributed by atoms with Gasteiger partial charge in [-0.3, -0.25) is 9.10 Å². The number of sulfonamides is 1. The van der Waals surface area contributed by atoms with Gasteiger partial charge in [0.25, 0.3) is 0 Å². The molecular weight excluding hydrogens is 437 g/mol. The molecule has 0 aromatic heterocycles. The molecule has 31 heavy (non-hydrogen) atoms. The molecule has 0 unspecified atom stereocenters. The van der Waals surface area contributed by atoms with Crippen LogP contribution in [0.4, 0.5) is 18.9 Å². The Morgan fingerprint density at radius 1 is 1.10 bits per heavy atom. The van der Waals surface area contributed by atoms with Crippen molar-refractivity contribution in [2.24, 2.45) is 0 Å². The lowest BCUT2D eigenvalue weighted by Crippen LogP contribution is -2.41. The maximum Gasteiger partial charge on any atom is 0.416 e. The largest absolute Gasteiger partial charge is 0.497 e. The van der Waals surface area contributed by atoms with Crippen molar-refractivity contribution in [1.29, 1.82) is 0 Å². The number of methoxy groups -OCH3 is 2. The van der Waals surface area contributed by atoms with Crippen LogP contribution in [0.25, 0.3) is 0 Å².